The number of hydrogen-bond donors (Lipinski definition) is 15. The highest BCUT2D eigenvalue weighted by atomic mass is 16.8. The highest BCUT2D eigenvalue weighted by Crippen LogP contribution is 2.76. The minimum Gasteiger partial charge on any atom is -0.454 e. The average Bonchev–Trinajstić information content (AvgIpc) is 0.744. The first-order valence-corrected chi connectivity index (χ1v) is 30.1. The molecule has 492 valence electrons. The lowest BCUT2D eigenvalue weighted by atomic mass is 9.33. The molecule has 28 heteroatoms. The second-order valence-electron chi connectivity index (χ2n) is 28.2. The largest absolute Gasteiger partial charge is 0.454 e. The zero-order valence-electron chi connectivity index (χ0n) is 49.8. The van der Waals surface area contributed by atoms with E-state index in [1.807, 2.05) is 0 Å². The quantitative estimate of drug-likeness (QED) is 0.0477. The number of rotatable bonds is 13. The number of esters is 2. The molecule has 9 fully saturated rings. The van der Waals surface area contributed by atoms with Crippen molar-refractivity contribution in [2.75, 3.05) is 33.0 Å². The van der Waals surface area contributed by atoms with Crippen molar-refractivity contribution in [2.24, 2.45) is 50.2 Å². The summed E-state index contributed by atoms with van der Waals surface area (Å²) in [6.07, 6.45) is -32.8. The summed E-state index contributed by atoms with van der Waals surface area (Å²) < 4.78 is 64.4. The summed E-state index contributed by atoms with van der Waals surface area (Å²) in [6, 6.07) is 0. The number of ether oxygens (including phenoxy) is 11. The van der Waals surface area contributed by atoms with E-state index in [1.54, 1.807) is 6.92 Å². The normalized spacial score (nSPS) is 54.5. The van der Waals surface area contributed by atoms with Gasteiger partial charge in [0.2, 0.25) is 6.29 Å². The van der Waals surface area contributed by atoms with Gasteiger partial charge in [-0.2, -0.15) is 0 Å². The minimum absolute atomic E-state index is 0.105. The summed E-state index contributed by atoms with van der Waals surface area (Å²) in [4.78, 5) is 28.2. The number of aliphatic hydroxyl groups excluding tert-OH is 14. The van der Waals surface area contributed by atoms with Crippen LogP contribution >= 0.6 is 0 Å². The Morgan fingerprint density at radius 3 is 1.93 bits per heavy atom. The number of aliphatic hydroxyl groups is 15. The molecule has 0 bridgehead atoms. The maximum atomic E-state index is 15.5. The molecule has 0 unspecified atom stereocenters. The van der Waals surface area contributed by atoms with E-state index in [-0.39, 0.29) is 36.5 Å². The average molecular weight is 1240 g/mol. The Bertz CT molecular complexity index is 2470. The molecule has 0 aromatic heterocycles. The van der Waals surface area contributed by atoms with Crippen molar-refractivity contribution in [1.82, 2.24) is 0 Å². The summed E-state index contributed by atoms with van der Waals surface area (Å²) in [5.41, 5.74) is -6.22. The van der Waals surface area contributed by atoms with Crippen molar-refractivity contribution in [2.45, 2.75) is 254 Å². The first kappa shape index (κ1) is 66.6. The lowest BCUT2D eigenvalue weighted by molar-refractivity contribution is -0.372. The van der Waals surface area contributed by atoms with Gasteiger partial charge in [0.05, 0.1) is 57.5 Å². The Labute approximate surface area is 497 Å². The summed E-state index contributed by atoms with van der Waals surface area (Å²) in [5, 5.41) is 166. The molecule has 0 amide bonds. The van der Waals surface area contributed by atoms with Crippen molar-refractivity contribution in [1.29, 1.82) is 0 Å². The number of fused-ring (bicyclic) bond motifs is 7. The van der Waals surface area contributed by atoms with Gasteiger partial charge in [0, 0.05) is 12.3 Å². The molecule has 0 aromatic rings. The van der Waals surface area contributed by atoms with Crippen LogP contribution in [0.15, 0.2) is 11.6 Å². The van der Waals surface area contributed by atoms with Crippen LogP contribution in [0.25, 0.3) is 0 Å². The molecule has 0 spiro atoms. The Kier molecular flexibility index (Phi) is 18.6. The first-order valence-electron chi connectivity index (χ1n) is 30.1. The molecule has 5 aliphatic heterocycles. The fourth-order valence-corrected chi connectivity index (χ4v) is 17.4. The van der Waals surface area contributed by atoms with Gasteiger partial charge >= 0.3 is 11.9 Å². The molecule has 86 heavy (non-hydrogen) atoms. The van der Waals surface area contributed by atoms with Crippen LogP contribution in [0.4, 0.5) is 0 Å². The minimum atomic E-state index is -2.09. The number of hydrogen-bond acceptors (Lipinski definition) is 28. The predicted octanol–water partition coefficient (Wildman–Crippen LogP) is -3.82. The van der Waals surface area contributed by atoms with E-state index in [0.717, 1.165) is 12.5 Å². The van der Waals surface area contributed by atoms with Gasteiger partial charge in [-0.05, 0) is 97.7 Å². The fourth-order valence-electron chi connectivity index (χ4n) is 17.4. The molecule has 10 aliphatic rings. The first-order chi connectivity index (χ1) is 40.2. The van der Waals surface area contributed by atoms with Crippen LogP contribution in [0.1, 0.15) is 107 Å². The van der Waals surface area contributed by atoms with E-state index in [1.165, 1.54) is 6.92 Å². The van der Waals surface area contributed by atoms with Gasteiger partial charge in [0.25, 0.3) is 0 Å². The van der Waals surface area contributed by atoms with Crippen molar-refractivity contribution < 1.29 is 138 Å². The molecule has 10 rings (SSSR count). The van der Waals surface area contributed by atoms with Crippen LogP contribution in [0.5, 0.6) is 0 Å². The van der Waals surface area contributed by atoms with Crippen molar-refractivity contribution in [3.63, 3.8) is 0 Å². The second kappa shape index (κ2) is 24.0. The SMILES string of the molecule is CC(=O)O[C@@H]1[C@@H](O[C@H]2[C@H](OC(=O)[C@@]34CCC(C)(C)C[C@@H]3C3=CC[C@H]5[C@@]6(C)C[C@@H](O)[C@@H](O[C@H]7O[C@@H](O)[C@H](O)[C@@H](O)[C@@H]7O)[C@](C)(CO)[C@@H]6CC[C@]5(C)[C@@]3(C)C[C@H]4O)OC[C@H](O)[C@@H]2O)O[C@@H](C)[C@H](O[C@H]2OC[C@H](O)[C@@H](O[C@H]3OC[C@@](O)(CO)[C@@H]3O)[C@H]2O)[C@@H]1O. The number of carbonyl (C=O) groups excluding carboxylic acids is 2. The maximum Gasteiger partial charge on any atom is 0.317 e. The Hall–Kier alpha value is -2.28. The third-order valence-electron chi connectivity index (χ3n) is 22.5. The van der Waals surface area contributed by atoms with Gasteiger partial charge in [0.15, 0.2) is 43.7 Å². The van der Waals surface area contributed by atoms with E-state index in [2.05, 4.69) is 40.7 Å². The number of carbonyl (C=O) groups is 2. The van der Waals surface area contributed by atoms with E-state index >= 15 is 4.79 Å². The van der Waals surface area contributed by atoms with Crippen LogP contribution < -0.4 is 0 Å². The molecule has 4 saturated carbocycles. The summed E-state index contributed by atoms with van der Waals surface area (Å²) in [6.45, 7) is 12.0. The summed E-state index contributed by atoms with van der Waals surface area (Å²) >= 11 is 0. The van der Waals surface area contributed by atoms with Gasteiger partial charge < -0.3 is 129 Å². The van der Waals surface area contributed by atoms with Gasteiger partial charge in [0.1, 0.15) is 78.2 Å². The smallest absolute Gasteiger partial charge is 0.317 e. The highest BCUT2D eigenvalue weighted by molar-refractivity contribution is 5.80. The van der Waals surface area contributed by atoms with Gasteiger partial charge in [-0.15, -0.1) is 0 Å². The molecule has 0 aromatic carbocycles. The zero-order valence-corrected chi connectivity index (χ0v) is 49.8. The molecule has 0 radical (unpaired) electrons. The molecular weight excluding hydrogens is 1140 g/mol. The van der Waals surface area contributed by atoms with Crippen LogP contribution in [0.3, 0.4) is 0 Å². The second-order valence-corrected chi connectivity index (χ2v) is 28.2. The maximum absolute atomic E-state index is 15.5. The van der Waals surface area contributed by atoms with Gasteiger partial charge in [-0.1, -0.05) is 53.2 Å². The van der Waals surface area contributed by atoms with Crippen molar-refractivity contribution in [3.8, 4) is 0 Å². The molecule has 32 atom stereocenters. The molecule has 28 nitrogen and oxygen atoms in total. The lowest BCUT2D eigenvalue weighted by Gasteiger charge is -2.72. The lowest BCUT2D eigenvalue weighted by Crippen LogP contribution is -2.70. The van der Waals surface area contributed by atoms with E-state index < -0.39 is 225 Å². The monoisotopic (exact) mass is 1240 g/mol. The third-order valence-corrected chi connectivity index (χ3v) is 22.5. The van der Waals surface area contributed by atoms with Crippen LogP contribution in [-0.4, -0.2) is 269 Å². The van der Waals surface area contributed by atoms with E-state index in [0.29, 0.717) is 32.1 Å². The summed E-state index contributed by atoms with van der Waals surface area (Å²) in [7, 11) is 0. The summed E-state index contributed by atoms with van der Waals surface area (Å²) in [5.74, 6) is -2.86. The molecule has 15 N–H and O–H groups in total. The van der Waals surface area contributed by atoms with Gasteiger partial charge in [-0.25, -0.2) is 0 Å². The third kappa shape index (κ3) is 10.8. The highest BCUT2D eigenvalue weighted by Gasteiger charge is 2.73. The molecule has 5 heterocycles. The molecule has 5 saturated heterocycles. The topological polar surface area (TPSA) is 439 Å². The van der Waals surface area contributed by atoms with E-state index in [4.69, 9.17) is 52.1 Å². The van der Waals surface area contributed by atoms with Crippen LogP contribution in [0.2, 0.25) is 0 Å². The molecular formula is C58H92O28. The van der Waals surface area contributed by atoms with Gasteiger partial charge in [-0.3, -0.25) is 9.59 Å². The van der Waals surface area contributed by atoms with Crippen molar-refractivity contribution >= 4 is 11.9 Å². The van der Waals surface area contributed by atoms with E-state index in [9.17, 15) is 81.4 Å². The zero-order chi connectivity index (χ0) is 62.9. The Balaban J connectivity index is 0.880. The fraction of sp³-hybridized carbons (Fsp3) is 0.931. The Morgan fingerprint density at radius 2 is 1.27 bits per heavy atom. The van der Waals surface area contributed by atoms with Crippen molar-refractivity contribution in [3.05, 3.63) is 11.6 Å². The molecule has 5 aliphatic carbocycles. The van der Waals surface area contributed by atoms with Crippen LogP contribution in [-0.2, 0) is 61.7 Å². The Morgan fingerprint density at radius 1 is 0.605 bits per heavy atom. The van der Waals surface area contributed by atoms with Crippen LogP contribution in [0, 0.1) is 50.2 Å². The predicted molar refractivity (Wildman–Crippen MR) is 285 cm³/mol. The number of allylic oxidation sites excluding steroid dienone is 2. The standard InChI is InChI=1S/C58H92O28/c1-23-39(81-46-38(71)40(29(64)19-76-46)82-50-43(72)57(75,21-60)22-78-50)37(70)42(80-24(2)61)49(79-23)83-41-33(66)28(63)18-77-48(41)86-51(74)58-14-13-52(3,4)15-26(58)25-9-10-31-53(5)16-27(62)44(84-47-36(69)34(67)35(68)45(73)85-47)54(6,20-59)30(53)11-12-55(31,7)56(25,8)17-32(58)65/h9,23,26-50,59-60,62-73,75H,10-22H2,1-8H3/t23-,26+,27+,28-,29-,30+,31-,32+,33-,34+,35+,36-,37-,38+,39-,40+,41+,42-,43+,44+,45+,46+,47-,48-,49+,50+,53-,54+,55-,56-,57-,58-/m0/s1.